The smallest absolute Gasteiger partial charge is 0.255 e. The zero-order chi connectivity index (χ0) is 20.4. The molecule has 0 spiro atoms. The van der Waals surface area contributed by atoms with Crippen molar-refractivity contribution < 1.29 is 14.0 Å². The zero-order valence-electron chi connectivity index (χ0n) is 15.9. The van der Waals surface area contributed by atoms with Crippen LogP contribution in [0.3, 0.4) is 0 Å². The van der Waals surface area contributed by atoms with E-state index < -0.39 is 12.6 Å². The first-order valence-corrected chi connectivity index (χ1v) is 9.31. The van der Waals surface area contributed by atoms with Crippen molar-refractivity contribution in [3.8, 4) is 16.8 Å². The van der Waals surface area contributed by atoms with Gasteiger partial charge in [0.1, 0.15) is 0 Å². The first-order chi connectivity index (χ1) is 14.0. The zero-order valence-corrected chi connectivity index (χ0v) is 15.9. The molecular weight excluding hydrogens is 373 g/mol. The molecule has 2 heterocycles. The van der Waals surface area contributed by atoms with E-state index >= 15 is 0 Å². The fraction of sp³-hybridized carbons (Fsp3) is 0.238. The van der Waals surface area contributed by atoms with E-state index in [1.54, 1.807) is 23.1 Å². The first kappa shape index (κ1) is 18.8. The number of alkyl halides is 1. The molecule has 1 aliphatic carbocycles. The summed E-state index contributed by atoms with van der Waals surface area (Å²) in [5.74, 6) is -0.802. The van der Waals surface area contributed by atoms with Gasteiger partial charge in [-0.05, 0) is 49.1 Å². The van der Waals surface area contributed by atoms with Crippen LogP contribution in [0.5, 0.6) is 0 Å². The van der Waals surface area contributed by atoms with Crippen LogP contribution in [-0.2, 0) is 4.79 Å². The van der Waals surface area contributed by atoms with E-state index in [4.69, 9.17) is 0 Å². The number of hydrogen-bond donors (Lipinski definition) is 2. The lowest BCUT2D eigenvalue weighted by Gasteiger charge is -2.08. The van der Waals surface area contributed by atoms with Gasteiger partial charge in [-0.2, -0.15) is 5.10 Å². The van der Waals surface area contributed by atoms with E-state index in [2.05, 4.69) is 20.7 Å². The van der Waals surface area contributed by atoms with Crippen molar-refractivity contribution >= 4 is 17.5 Å². The molecule has 1 aromatic carbocycles. The third kappa shape index (κ3) is 4.31. The number of aryl methyl sites for hydroxylation is 1. The Kier molecular flexibility index (Phi) is 5.07. The number of benzene rings is 1. The molecule has 0 atom stereocenters. The van der Waals surface area contributed by atoms with Crippen LogP contribution in [0.4, 0.5) is 10.1 Å². The standard InChI is InChI=1S/C21H20FN5O2/c1-13-2-3-14(21(29)26-16-4-5-16)6-19(13)15-9-24-27(12-15)18-7-17(10-23-11-18)25-20(28)8-22/h2-3,6-7,9-12,16H,4-5,8H2,1H3,(H,25,28)(H,26,29). The van der Waals surface area contributed by atoms with Crippen molar-refractivity contribution in [1.82, 2.24) is 20.1 Å². The van der Waals surface area contributed by atoms with Crippen LogP contribution in [0.1, 0.15) is 28.8 Å². The van der Waals surface area contributed by atoms with E-state index in [-0.39, 0.29) is 5.91 Å². The van der Waals surface area contributed by atoms with Gasteiger partial charge in [-0.1, -0.05) is 6.07 Å². The molecule has 0 saturated heterocycles. The van der Waals surface area contributed by atoms with Gasteiger partial charge in [-0.15, -0.1) is 0 Å². The number of pyridine rings is 1. The summed E-state index contributed by atoms with van der Waals surface area (Å²) in [7, 11) is 0. The number of carbonyl (C=O) groups excluding carboxylic acids is 2. The molecule has 29 heavy (non-hydrogen) atoms. The summed E-state index contributed by atoms with van der Waals surface area (Å²) in [6.07, 6.45) is 8.63. The number of rotatable bonds is 6. The van der Waals surface area contributed by atoms with Crippen LogP contribution in [0.15, 0.2) is 49.1 Å². The van der Waals surface area contributed by atoms with E-state index in [1.165, 1.54) is 6.20 Å². The molecule has 1 fully saturated rings. The van der Waals surface area contributed by atoms with Gasteiger partial charge in [-0.3, -0.25) is 14.6 Å². The quantitative estimate of drug-likeness (QED) is 0.674. The van der Waals surface area contributed by atoms with Crippen LogP contribution >= 0.6 is 0 Å². The number of halogens is 1. The van der Waals surface area contributed by atoms with Crippen LogP contribution in [-0.4, -0.2) is 39.3 Å². The molecule has 1 aliphatic rings. The van der Waals surface area contributed by atoms with E-state index in [0.717, 1.165) is 29.5 Å². The number of nitrogens with zero attached hydrogens (tertiary/aromatic N) is 3. The highest BCUT2D eigenvalue weighted by atomic mass is 19.1. The van der Waals surface area contributed by atoms with E-state index in [0.29, 0.717) is 23.0 Å². The van der Waals surface area contributed by atoms with Crippen molar-refractivity contribution in [1.29, 1.82) is 0 Å². The number of carbonyl (C=O) groups is 2. The van der Waals surface area contributed by atoms with Gasteiger partial charge in [-0.25, -0.2) is 9.07 Å². The second kappa shape index (κ2) is 7.83. The summed E-state index contributed by atoms with van der Waals surface area (Å²) < 4.78 is 14.0. The Morgan fingerprint density at radius 3 is 2.79 bits per heavy atom. The Morgan fingerprint density at radius 2 is 2.03 bits per heavy atom. The topological polar surface area (TPSA) is 88.9 Å². The second-order valence-corrected chi connectivity index (χ2v) is 7.06. The summed E-state index contributed by atoms with van der Waals surface area (Å²) in [5, 5.41) is 9.79. The Labute approximate surface area is 167 Å². The molecule has 2 N–H and O–H groups in total. The molecule has 0 aliphatic heterocycles. The van der Waals surface area contributed by atoms with E-state index in [1.807, 2.05) is 31.3 Å². The van der Waals surface area contributed by atoms with Crippen molar-refractivity contribution in [2.75, 3.05) is 12.0 Å². The van der Waals surface area contributed by atoms with Crippen LogP contribution in [0, 0.1) is 6.92 Å². The maximum atomic E-state index is 12.4. The lowest BCUT2D eigenvalue weighted by atomic mass is 10.0. The average Bonchev–Trinajstić information content (AvgIpc) is 3.40. The van der Waals surface area contributed by atoms with Gasteiger partial charge < -0.3 is 10.6 Å². The Bertz CT molecular complexity index is 1070. The summed E-state index contributed by atoms with van der Waals surface area (Å²) >= 11 is 0. The summed E-state index contributed by atoms with van der Waals surface area (Å²) in [6, 6.07) is 7.56. The third-order valence-corrected chi connectivity index (χ3v) is 4.70. The van der Waals surface area contributed by atoms with Crippen LogP contribution in [0.2, 0.25) is 0 Å². The lowest BCUT2D eigenvalue weighted by Crippen LogP contribution is -2.25. The highest BCUT2D eigenvalue weighted by molar-refractivity contribution is 5.96. The SMILES string of the molecule is Cc1ccc(C(=O)NC2CC2)cc1-c1cnn(-c2cncc(NC(=O)CF)c2)c1. The summed E-state index contributed by atoms with van der Waals surface area (Å²) in [6.45, 7) is 0.879. The molecule has 8 heteroatoms. The Morgan fingerprint density at radius 1 is 1.21 bits per heavy atom. The Hall–Kier alpha value is -3.55. The van der Waals surface area contributed by atoms with Gasteiger partial charge in [0.25, 0.3) is 11.8 Å². The molecule has 148 valence electrons. The maximum Gasteiger partial charge on any atom is 0.255 e. The number of hydrogen-bond acceptors (Lipinski definition) is 4. The molecule has 7 nitrogen and oxygen atoms in total. The predicted octanol–water partition coefficient (Wildman–Crippen LogP) is 3.04. The molecule has 3 aromatic rings. The minimum absolute atomic E-state index is 0.0679. The molecule has 0 radical (unpaired) electrons. The fourth-order valence-corrected chi connectivity index (χ4v) is 2.99. The first-order valence-electron chi connectivity index (χ1n) is 9.31. The molecule has 1 saturated carbocycles. The van der Waals surface area contributed by atoms with E-state index in [9.17, 15) is 14.0 Å². The number of aromatic nitrogens is 3. The molecule has 0 bridgehead atoms. The molecule has 2 aromatic heterocycles. The fourth-order valence-electron chi connectivity index (χ4n) is 2.99. The maximum absolute atomic E-state index is 12.4. The second-order valence-electron chi connectivity index (χ2n) is 7.06. The Balaban J connectivity index is 1.60. The van der Waals surface area contributed by atoms with Gasteiger partial charge in [0, 0.05) is 23.4 Å². The highest BCUT2D eigenvalue weighted by Gasteiger charge is 2.24. The van der Waals surface area contributed by atoms with Crippen molar-refractivity contribution in [2.45, 2.75) is 25.8 Å². The molecular formula is C21H20FN5O2. The van der Waals surface area contributed by atoms with Gasteiger partial charge in [0.2, 0.25) is 0 Å². The molecule has 0 unspecified atom stereocenters. The van der Waals surface area contributed by atoms with Gasteiger partial charge >= 0.3 is 0 Å². The third-order valence-electron chi connectivity index (χ3n) is 4.70. The molecule has 2 amide bonds. The van der Waals surface area contributed by atoms with Gasteiger partial charge in [0.15, 0.2) is 6.67 Å². The highest BCUT2D eigenvalue weighted by Crippen LogP contribution is 2.26. The summed E-state index contributed by atoms with van der Waals surface area (Å²) in [4.78, 5) is 27.7. The minimum Gasteiger partial charge on any atom is -0.349 e. The normalized spacial score (nSPS) is 13.2. The van der Waals surface area contributed by atoms with Crippen molar-refractivity contribution in [3.63, 3.8) is 0 Å². The lowest BCUT2D eigenvalue weighted by molar-refractivity contribution is -0.117. The average molecular weight is 393 g/mol. The van der Waals surface area contributed by atoms with Crippen molar-refractivity contribution in [2.24, 2.45) is 0 Å². The number of amides is 2. The van der Waals surface area contributed by atoms with Crippen molar-refractivity contribution in [3.05, 3.63) is 60.2 Å². The predicted molar refractivity (Wildman–Crippen MR) is 107 cm³/mol. The minimum atomic E-state index is -1.10. The summed E-state index contributed by atoms with van der Waals surface area (Å²) in [5.41, 5.74) is 4.40. The van der Waals surface area contributed by atoms with Gasteiger partial charge in [0.05, 0.1) is 30.0 Å². The largest absolute Gasteiger partial charge is 0.349 e. The number of nitrogens with one attached hydrogen (secondary N) is 2. The number of anilines is 1. The van der Waals surface area contributed by atoms with Crippen LogP contribution < -0.4 is 10.6 Å². The van der Waals surface area contributed by atoms with Crippen LogP contribution in [0.25, 0.3) is 16.8 Å². The monoisotopic (exact) mass is 393 g/mol. The molecule has 4 rings (SSSR count).